The predicted octanol–water partition coefficient (Wildman–Crippen LogP) is 4.12. The minimum Gasteiger partial charge on any atom is -0.496 e. The Morgan fingerprint density at radius 1 is 0.962 bits per heavy atom. The van der Waals surface area contributed by atoms with Gasteiger partial charge in [-0.1, -0.05) is 30.3 Å². The van der Waals surface area contributed by atoms with Gasteiger partial charge in [-0.3, -0.25) is 0 Å². The maximum atomic E-state index is 5.41. The van der Waals surface area contributed by atoms with Crippen molar-refractivity contribution in [1.29, 1.82) is 0 Å². The van der Waals surface area contributed by atoms with Gasteiger partial charge < -0.3 is 19.2 Å². The number of nitrogens with zero attached hydrogens (tertiary/aromatic N) is 2. The van der Waals surface area contributed by atoms with E-state index >= 15 is 0 Å². The molecule has 0 spiro atoms. The molecule has 1 aromatic heterocycles. The lowest BCUT2D eigenvalue weighted by Gasteiger charge is -2.11. The van der Waals surface area contributed by atoms with E-state index in [4.69, 9.17) is 26.4 Å². The third-order valence-electron chi connectivity index (χ3n) is 3.84. The lowest BCUT2D eigenvalue weighted by atomic mass is 10.2. The summed E-state index contributed by atoms with van der Waals surface area (Å²) in [5.41, 5.74) is 2.68. The molecule has 0 aliphatic rings. The number of nitrogens with one attached hydrogen (secondary N) is 1. The Balaban J connectivity index is 1.96. The second-order valence-corrected chi connectivity index (χ2v) is 5.76. The first-order chi connectivity index (χ1) is 12.7. The molecule has 0 fully saturated rings. The molecule has 1 heterocycles. The summed E-state index contributed by atoms with van der Waals surface area (Å²) in [5.74, 6) is 1.81. The number of imidazole rings is 1. The van der Waals surface area contributed by atoms with Crippen molar-refractivity contribution in [1.82, 2.24) is 9.66 Å². The molecule has 0 unspecified atom stereocenters. The molecule has 0 bridgehead atoms. The molecule has 0 radical (unpaired) electrons. The normalized spacial score (nSPS) is 10.9. The molecule has 0 atom stereocenters. The van der Waals surface area contributed by atoms with Gasteiger partial charge in [0.2, 0.25) is 0 Å². The molecule has 0 saturated carbocycles. The van der Waals surface area contributed by atoms with E-state index in [1.54, 1.807) is 44.4 Å². The number of H-pyrrole nitrogens is 1. The molecule has 3 aromatic rings. The minimum atomic E-state index is 0.500. The number of aromatic nitrogens is 2. The number of hydrogen-bond donors (Lipinski definition) is 1. The Hall–Kier alpha value is -3.06. The van der Waals surface area contributed by atoms with Crippen LogP contribution < -0.4 is 14.2 Å². The van der Waals surface area contributed by atoms with E-state index < -0.39 is 0 Å². The third kappa shape index (κ3) is 3.62. The number of rotatable bonds is 6. The monoisotopic (exact) mass is 369 g/mol. The molecule has 0 aliphatic carbocycles. The van der Waals surface area contributed by atoms with Crippen LogP contribution in [0.2, 0.25) is 0 Å². The van der Waals surface area contributed by atoms with Crippen LogP contribution in [0.15, 0.2) is 53.8 Å². The second-order valence-electron chi connectivity index (χ2n) is 5.38. The van der Waals surface area contributed by atoms with Gasteiger partial charge in [0, 0.05) is 11.6 Å². The molecular formula is C19H19N3O3S. The molecule has 2 aromatic carbocycles. The van der Waals surface area contributed by atoms with Crippen LogP contribution in [0.25, 0.3) is 11.3 Å². The standard InChI is InChI=1S/C19H19N3O3S/c1-23-16-10-18(25-3)17(24-2)9-14(16)11-20-22-12-15(21-19(22)26)13-7-5-4-6-8-13/h4-12H,1-3H3,(H,21,26). The van der Waals surface area contributed by atoms with Gasteiger partial charge in [-0.25, -0.2) is 4.68 Å². The molecule has 7 heteroatoms. The molecule has 0 amide bonds. The van der Waals surface area contributed by atoms with Crippen LogP contribution in [-0.2, 0) is 0 Å². The number of methoxy groups -OCH3 is 3. The van der Waals surface area contributed by atoms with Crippen LogP contribution in [0.5, 0.6) is 17.2 Å². The van der Waals surface area contributed by atoms with E-state index in [1.165, 1.54) is 0 Å². The van der Waals surface area contributed by atoms with Gasteiger partial charge in [0.15, 0.2) is 16.3 Å². The zero-order chi connectivity index (χ0) is 18.5. The topological polar surface area (TPSA) is 60.8 Å². The van der Waals surface area contributed by atoms with Crippen molar-refractivity contribution in [3.63, 3.8) is 0 Å². The van der Waals surface area contributed by atoms with E-state index in [1.807, 2.05) is 36.5 Å². The van der Waals surface area contributed by atoms with E-state index in [9.17, 15) is 0 Å². The maximum Gasteiger partial charge on any atom is 0.198 e. The highest BCUT2D eigenvalue weighted by Gasteiger charge is 2.10. The zero-order valence-corrected chi connectivity index (χ0v) is 15.5. The Kier molecular flexibility index (Phi) is 5.38. The summed E-state index contributed by atoms with van der Waals surface area (Å²) in [6.45, 7) is 0. The van der Waals surface area contributed by atoms with Crippen molar-refractivity contribution in [2.75, 3.05) is 21.3 Å². The Labute approximate surface area is 156 Å². The van der Waals surface area contributed by atoms with Crippen LogP contribution in [0, 0.1) is 4.77 Å². The highest BCUT2D eigenvalue weighted by molar-refractivity contribution is 7.71. The number of benzene rings is 2. The molecule has 0 saturated heterocycles. The number of aromatic amines is 1. The van der Waals surface area contributed by atoms with Crippen LogP contribution >= 0.6 is 12.2 Å². The molecule has 26 heavy (non-hydrogen) atoms. The van der Waals surface area contributed by atoms with Crippen molar-refractivity contribution >= 4 is 18.4 Å². The average molecular weight is 369 g/mol. The fraction of sp³-hybridized carbons (Fsp3) is 0.158. The fourth-order valence-corrected chi connectivity index (χ4v) is 2.72. The second kappa shape index (κ2) is 7.88. The summed E-state index contributed by atoms with van der Waals surface area (Å²) in [4.78, 5) is 3.15. The first-order valence-corrected chi connectivity index (χ1v) is 8.28. The van der Waals surface area contributed by atoms with E-state index in [0.29, 0.717) is 22.0 Å². The van der Waals surface area contributed by atoms with Gasteiger partial charge in [0.25, 0.3) is 0 Å². The van der Waals surface area contributed by atoms with Gasteiger partial charge >= 0.3 is 0 Å². The summed E-state index contributed by atoms with van der Waals surface area (Å²) < 4.78 is 18.1. The highest BCUT2D eigenvalue weighted by atomic mass is 32.1. The Morgan fingerprint density at radius 3 is 2.27 bits per heavy atom. The Bertz CT molecular complexity index is 977. The van der Waals surface area contributed by atoms with E-state index in [0.717, 1.165) is 16.8 Å². The van der Waals surface area contributed by atoms with Crippen molar-refractivity contribution in [3.8, 4) is 28.5 Å². The van der Waals surface area contributed by atoms with Crippen molar-refractivity contribution in [3.05, 3.63) is 59.0 Å². The zero-order valence-electron chi connectivity index (χ0n) is 14.7. The molecule has 6 nitrogen and oxygen atoms in total. The number of ether oxygens (including phenoxy) is 3. The average Bonchev–Trinajstić information content (AvgIpc) is 3.07. The van der Waals surface area contributed by atoms with Crippen molar-refractivity contribution in [2.45, 2.75) is 0 Å². The minimum absolute atomic E-state index is 0.500. The van der Waals surface area contributed by atoms with Crippen LogP contribution in [0.4, 0.5) is 0 Å². The van der Waals surface area contributed by atoms with Gasteiger partial charge in [-0.05, 0) is 23.8 Å². The van der Waals surface area contributed by atoms with Gasteiger partial charge in [-0.15, -0.1) is 0 Å². The first-order valence-electron chi connectivity index (χ1n) is 7.87. The lowest BCUT2D eigenvalue weighted by Crippen LogP contribution is -1.97. The summed E-state index contributed by atoms with van der Waals surface area (Å²) >= 11 is 5.36. The summed E-state index contributed by atoms with van der Waals surface area (Å²) in [5, 5.41) is 4.44. The molecule has 0 aliphatic heterocycles. The summed E-state index contributed by atoms with van der Waals surface area (Å²) in [7, 11) is 4.75. The third-order valence-corrected chi connectivity index (χ3v) is 4.13. The molecule has 3 rings (SSSR count). The van der Waals surface area contributed by atoms with Gasteiger partial charge in [0.05, 0.1) is 39.4 Å². The van der Waals surface area contributed by atoms with Crippen LogP contribution in [0.3, 0.4) is 0 Å². The predicted molar refractivity (Wildman–Crippen MR) is 104 cm³/mol. The van der Waals surface area contributed by atoms with Gasteiger partial charge in [-0.2, -0.15) is 5.10 Å². The largest absolute Gasteiger partial charge is 0.496 e. The summed E-state index contributed by atoms with van der Waals surface area (Å²) in [6, 6.07) is 13.5. The SMILES string of the molecule is COc1cc(OC)c(OC)cc1C=Nn1cc(-c2ccccc2)[nH]c1=S. The number of hydrogen-bond acceptors (Lipinski definition) is 5. The summed E-state index contributed by atoms with van der Waals surface area (Å²) in [6.07, 6.45) is 3.51. The Morgan fingerprint density at radius 2 is 1.62 bits per heavy atom. The van der Waals surface area contributed by atoms with Crippen molar-refractivity contribution in [2.24, 2.45) is 5.10 Å². The molecular weight excluding hydrogens is 350 g/mol. The fourth-order valence-electron chi connectivity index (χ4n) is 2.51. The van der Waals surface area contributed by atoms with Crippen LogP contribution in [-0.4, -0.2) is 37.2 Å². The molecule has 1 N–H and O–H groups in total. The maximum absolute atomic E-state index is 5.41. The smallest absolute Gasteiger partial charge is 0.198 e. The molecule has 134 valence electrons. The van der Waals surface area contributed by atoms with E-state index in [-0.39, 0.29) is 0 Å². The first kappa shape index (κ1) is 17.8. The van der Waals surface area contributed by atoms with Crippen LogP contribution in [0.1, 0.15) is 5.56 Å². The quantitative estimate of drug-likeness (QED) is 0.524. The van der Waals surface area contributed by atoms with Crippen molar-refractivity contribution < 1.29 is 14.2 Å². The lowest BCUT2D eigenvalue weighted by molar-refractivity contribution is 0.349. The van der Waals surface area contributed by atoms with Gasteiger partial charge in [0.1, 0.15) is 5.75 Å². The highest BCUT2D eigenvalue weighted by Crippen LogP contribution is 2.33. The van der Waals surface area contributed by atoms with E-state index in [2.05, 4.69) is 10.1 Å².